The summed E-state index contributed by atoms with van der Waals surface area (Å²) in [5.41, 5.74) is -0.514. The van der Waals surface area contributed by atoms with E-state index in [2.05, 4.69) is 17.1 Å². The largest absolute Gasteiger partial charge is 0.465 e. The van der Waals surface area contributed by atoms with Gasteiger partial charge in [0, 0.05) is 18.6 Å². The average molecular weight is 268 g/mol. The maximum atomic E-state index is 12.2. The Morgan fingerprint density at radius 1 is 1.32 bits per heavy atom. The van der Waals surface area contributed by atoms with E-state index in [0.717, 1.165) is 25.6 Å². The molecule has 4 heteroatoms. The van der Waals surface area contributed by atoms with Crippen molar-refractivity contribution in [3.63, 3.8) is 0 Å². The topological polar surface area (TPSA) is 41.6 Å². The summed E-state index contributed by atoms with van der Waals surface area (Å²) in [7, 11) is 0. The van der Waals surface area contributed by atoms with Crippen LogP contribution in [0.3, 0.4) is 0 Å². The van der Waals surface area contributed by atoms with Crippen LogP contribution in [0.15, 0.2) is 0 Å². The molecular formula is C15H28N2O2. The maximum absolute atomic E-state index is 12.2. The molecule has 0 amide bonds. The van der Waals surface area contributed by atoms with Crippen LogP contribution in [0.4, 0.5) is 0 Å². The summed E-state index contributed by atoms with van der Waals surface area (Å²) in [4.78, 5) is 14.7. The molecule has 2 aliphatic carbocycles. The van der Waals surface area contributed by atoms with Gasteiger partial charge < -0.3 is 9.64 Å². The zero-order chi connectivity index (χ0) is 13.9. The lowest BCUT2D eigenvalue weighted by atomic mass is 9.97. The number of nitrogens with one attached hydrogen (secondary N) is 1. The molecule has 2 saturated carbocycles. The Kier molecular flexibility index (Phi) is 4.85. The van der Waals surface area contributed by atoms with Crippen LogP contribution in [0.2, 0.25) is 0 Å². The summed E-state index contributed by atoms with van der Waals surface area (Å²) in [5, 5.41) is 3.49. The van der Waals surface area contributed by atoms with Crippen LogP contribution >= 0.6 is 0 Å². The fourth-order valence-corrected chi connectivity index (χ4v) is 2.61. The van der Waals surface area contributed by atoms with Gasteiger partial charge in [-0.3, -0.25) is 10.1 Å². The minimum atomic E-state index is -0.514. The second-order valence-electron chi connectivity index (χ2n) is 6.08. The predicted octanol–water partition coefficient (Wildman–Crippen LogP) is 1.93. The van der Waals surface area contributed by atoms with Gasteiger partial charge in [-0.2, -0.15) is 0 Å². The van der Waals surface area contributed by atoms with Crippen molar-refractivity contribution in [3.05, 3.63) is 0 Å². The third-order valence-corrected chi connectivity index (χ3v) is 4.19. The molecule has 0 aromatic rings. The van der Waals surface area contributed by atoms with Gasteiger partial charge in [-0.25, -0.2) is 0 Å². The van der Waals surface area contributed by atoms with Crippen molar-refractivity contribution < 1.29 is 9.53 Å². The smallest absolute Gasteiger partial charge is 0.326 e. The molecule has 2 fully saturated rings. The van der Waals surface area contributed by atoms with Crippen LogP contribution < -0.4 is 5.32 Å². The van der Waals surface area contributed by atoms with Gasteiger partial charge in [0.25, 0.3) is 0 Å². The first-order valence-electron chi connectivity index (χ1n) is 7.78. The number of carbonyl (C=O) groups excluding carboxylic acids is 1. The van der Waals surface area contributed by atoms with Gasteiger partial charge in [0.2, 0.25) is 0 Å². The van der Waals surface area contributed by atoms with E-state index in [1.54, 1.807) is 0 Å². The minimum Gasteiger partial charge on any atom is -0.465 e. The molecule has 0 bridgehead atoms. The molecule has 0 radical (unpaired) electrons. The second-order valence-corrected chi connectivity index (χ2v) is 6.08. The number of hydrogen-bond acceptors (Lipinski definition) is 4. The van der Waals surface area contributed by atoms with Gasteiger partial charge in [0.05, 0.1) is 6.61 Å². The molecule has 1 N–H and O–H groups in total. The van der Waals surface area contributed by atoms with Crippen LogP contribution in [0, 0.1) is 0 Å². The molecule has 0 aromatic heterocycles. The van der Waals surface area contributed by atoms with Gasteiger partial charge in [-0.05, 0) is 52.5 Å². The third-order valence-electron chi connectivity index (χ3n) is 4.19. The molecule has 110 valence electrons. The van der Waals surface area contributed by atoms with Crippen molar-refractivity contribution in [2.24, 2.45) is 0 Å². The molecule has 0 aromatic carbocycles. The standard InChI is InChI=1S/C15H28N2O2/c1-4-17(13-8-9-13)11-10-15(3,14(18)19-5-2)16-12-6-7-12/h12-13,16H,4-11H2,1-3H3. The Morgan fingerprint density at radius 3 is 2.47 bits per heavy atom. The van der Waals surface area contributed by atoms with Crippen molar-refractivity contribution in [3.8, 4) is 0 Å². The van der Waals surface area contributed by atoms with E-state index >= 15 is 0 Å². The Hall–Kier alpha value is -0.610. The normalized spacial score (nSPS) is 22.3. The monoisotopic (exact) mass is 268 g/mol. The number of esters is 1. The summed E-state index contributed by atoms with van der Waals surface area (Å²) in [6, 6.07) is 1.28. The highest BCUT2D eigenvalue weighted by atomic mass is 16.5. The van der Waals surface area contributed by atoms with Gasteiger partial charge in [0.1, 0.15) is 5.54 Å². The van der Waals surface area contributed by atoms with Gasteiger partial charge in [-0.1, -0.05) is 6.92 Å². The van der Waals surface area contributed by atoms with E-state index in [1.165, 1.54) is 25.7 Å². The van der Waals surface area contributed by atoms with Crippen molar-refractivity contribution in [1.82, 2.24) is 10.2 Å². The van der Waals surface area contributed by atoms with Crippen LogP contribution in [-0.4, -0.2) is 48.2 Å². The van der Waals surface area contributed by atoms with E-state index < -0.39 is 5.54 Å². The van der Waals surface area contributed by atoms with E-state index in [1.807, 2.05) is 13.8 Å². The van der Waals surface area contributed by atoms with E-state index in [0.29, 0.717) is 12.6 Å². The molecule has 0 spiro atoms. The fourth-order valence-electron chi connectivity index (χ4n) is 2.61. The highest BCUT2D eigenvalue weighted by Crippen LogP contribution is 2.29. The second kappa shape index (κ2) is 6.23. The lowest BCUT2D eigenvalue weighted by Crippen LogP contribution is -2.53. The van der Waals surface area contributed by atoms with Gasteiger partial charge in [0.15, 0.2) is 0 Å². The molecule has 1 unspecified atom stereocenters. The highest BCUT2D eigenvalue weighted by Gasteiger charge is 2.40. The maximum Gasteiger partial charge on any atom is 0.326 e. The number of hydrogen-bond donors (Lipinski definition) is 1. The molecule has 19 heavy (non-hydrogen) atoms. The molecule has 0 saturated heterocycles. The van der Waals surface area contributed by atoms with Crippen LogP contribution in [0.5, 0.6) is 0 Å². The minimum absolute atomic E-state index is 0.0891. The van der Waals surface area contributed by atoms with Gasteiger partial charge in [-0.15, -0.1) is 0 Å². The molecule has 0 aliphatic heterocycles. The number of nitrogens with zero attached hydrogens (tertiary/aromatic N) is 1. The summed E-state index contributed by atoms with van der Waals surface area (Å²) in [6.45, 7) is 8.60. The summed E-state index contributed by atoms with van der Waals surface area (Å²) in [6.07, 6.45) is 5.86. The third kappa shape index (κ3) is 4.18. The molecule has 2 rings (SSSR count). The average Bonchev–Trinajstić information content (AvgIpc) is 3.24. The molecule has 1 atom stereocenters. The van der Waals surface area contributed by atoms with Crippen molar-refractivity contribution in [2.75, 3.05) is 19.7 Å². The molecule has 2 aliphatic rings. The molecular weight excluding hydrogens is 240 g/mol. The number of carbonyl (C=O) groups is 1. The Morgan fingerprint density at radius 2 is 2.00 bits per heavy atom. The quantitative estimate of drug-likeness (QED) is 0.649. The van der Waals surface area contributed by atoms with Gasteiger partial charge >= 0.3 is 5.97 Å². The highest BCUT2D eigenvalue weighted by molar-refractivity contribution is 5.80. The van der Waals surface area contributed by atoms with Crippen molar-refractivity contribution >= 4 is 5.97 Å². The lowest BCUT2D eigenvalue weighted by Gasteiger charge is -2.31. The zero-order valence-electron chi connectivity index (χ0n) is 12.6. The lowest BCUT2D eigenvalue weighted by molar-refractivity contribution is -0.151. The number of rotatable bonds is 9. The zero-order valence-corrected chi connectivity index (χ0v) is 12.6. The SMILES string of the molecule is CCOC(=O)C(C)(CCN(CC)C1CC1)NC1CC1. The van der Waals surface area contributed by atoms with E-state index in [9.17, 15) is 4.79 Å². The number of ether oxygens (including phenoxy) is 1. The first-order valence-corrected chi connectivity index (χ1v) is 7.78. The van der Waals surface area contributed by atoms with Crippen molar-refractivity contribution in [1.29, 1.82) is 0 Å². The van der Waals surface area contributed by atoms with Crippen LogP contribution in [0.1, 0.15) is 52.9 Å². The van der Waals surface area contributed by atoms with E-state index in [4.69, 9.17) is 4.74 Å². The van der Waals surface area contributed by atoms with Crippen LogP contribution in [0.25, 0.3) is 0 Å². The summed E-state index contributed by atoms with van der Waals surface area (Å²) >= 11 is 0. The Balaban J connectivity index is 1.89. The van der Waals surface area contributed by atoms with Crippen LogP contribution in [-0.2, 0) is 9.53 Å². The Labute approximate surface area is 116 Å². The summed E-state index contributed by atoms with van der Waals surface area (Å²) < 4.78 is 5.26. The fraction of sp³-hybridized carbons (Fsp3) is 0.933. The first kappa shape index (κ1) is 14.8. The first-order chi connectivity index (χ1) is 9.09. The Bertz CT molecular complexity index is 313. The molecule has 4 nitrogen and oxygen atoms in total. The van der Waals surface area contributed by atoms with Crippen molar-refractivity contribution in [2.45, 2.75) is 70.5 Å². The summed E-state index contributed by atoms with van der Waals surface area (Å²) in [5.74, 6) is -0.0891. The predicted molar refractivity (Wildman–Crippen MR) is 76.1 cm³/mol. The molecule has 0 heterocycles. The van der Waals surface area contributed by atoms with E-state index in [-0.39, 0.29) is 5.97 Å².